The van der Waals surface area contributed by atoms with Gasteiger partial charge in [-0.3, -0.25) is 4.79 Å². The number of nitrogens with one attached hydrogen (secondary N) is 1. The summed E-state index contributed by atoms with van der Waals surface area (Å²) >= 11 is 0. The topological polar surface area (TPSA) is 64.4 Å². The Morgan fingerprint density at radius 2 is 1.90 bits per heavy atom. The fourth-order valence-corrected chi connectivity index (χ4v) is 1.52. The van der Waals surface area contributed by atoms with E-state index in [4.69, 9.17) is 5.73 Å². The van der Waals surface area contributed by atoms with E-state index in [1.807, 2.05) is 0 Å². The van der Waals surface area contributed by atoms with Gasteiger partial charge in [-0.15, -0.1) is 0 Å². The van der Waals surface area contributed by atoms with Crippen LogP contribution in [0, 0.1) is 0 Å². The predicted octanol–water partition coefficient (Wildman–Crippen LogP) is 1.56. The Bertz CT molecular complexity index is 433. The molecular formula is C13H17F3N2O2. The lowest BCUT2D eigenvalue weighted by molar-refractivity contribution is -0.173. The van der Waals surface area contributed by atoms with E-state index in [1.54, 1.807) is 30.3 Å². The van der Waals surface area contributed by atoms with E-state index in [1.165, 1.54) is 6.92 Å². The maximum atomic E-state index is 11.9. The van der Waals surface area contributed by atoms with E-state index in [0.29, 0.717) is 5.56 Å². The smallest absolute Gasteiger partial charge is 0.370 e. The van der Waals surface area contributed by atoms with Crippen LogP contribution in [0.15, 0.2) is 30.3 Å². The maximum Gasteiger partial charge on any atom is 0.411 e. The first kappa shape index (κ1) is 16.5. The minimum atomic E-state index is -4.36. The molecule has 1 aromatic rings. The molecule has 0 fully saturated rings. The molecule has 4 nitrogen and oxygen atoms in total. The Hall–Kier alpha value is -1.60. The number of rotatable bonds is 6. The van der Waals surface area contributed by atoms with Gasteiger partial charge >= 0.3 is 6.18 Å². The predicted molar refractivity (Wildman–Crippen MR) is 67.9 cm³/mol. The molecule has 0 saturated carbocycles. The van der Waals surface area contributed by atoms with Gasteiger partial charge in [-0.2, -0.15) is 13.2 Å². The first-order valence-electron chi connectivity index (χ1n) is 6.00. The highest BCUT2D eigenvalue weighted by atomic mass is 19.4. The fourth-order valence-electron chi connectivity index (χ4n) is 1.52. The highest BCUT2D eigenvalue weighted by molar-refractivity contribution is 5.86. The van der Waals surface area contributed by atoms with Crippen LogP contribution in [-0.2, 0) is 15.1 Å². The summed E-state index contributed by atoms with van der Waals surface area (Å²) in [6.45, 7) is -0.0552. The summed E-state index contributed by atoms with van der Waals surface area (Å²) in [6, 6.07) is 8.71. The Morgan fingerprint density at radius 1 is 1.30 bits per heavy atom. The molecule has 1 atom stereocenters. The first-order valence-corrected chi connectivity index (χ1v) is 6.00. The van der Waals surface area contributed by atoms with Gasteiger partial charge < -0.3 is 15.8 Å². The molecule has 0 aliphatic rings. The van der Waals surface area contributed by atoms with Gasteiger partial charge in [0, 0.05) is 6.54 Å². The second-order valence-corrected chi connectivity index (χ2v) is 4.49. The molecule has 1 unspecified atom stereocenters. The van der Waals surface area contributed by atoms with Crippen LogP contribution in [0.25, 0.3) is 0 Å². The third kappa shape index (κ3) is 5.18. The van der Waals surface area contributed by atoms with Crippen LogP contribution < -0.4 is 11.1 Å². The van der Waals surface area contributed by atoms with E-state index in [0.717, 1.165) is 0 Å². The Morgan fingerprint density at radius 3 is 2.45 bits per heavy atom. The molecule has 1 amide bonds. The van der Waals surface area contributed by atoms with Crippen molar-refractivity contribution in [3.63, 3.8) is 0 Å². The Balaban J connectivity index is 2.39. The van der Waals surface area contributed by atoms with Gasteiger partial charge in [-0.25, -0.2) is 0 Å². The highest BCUT2D eigenvalue weighted by Gasteiger charge is 2.30. The average molecular weight is 290 g/mol. The number of halogens is 3. The standard InChI is InChI=1S/C13H17F3N2O2/c1-12(17,10-5-3-2-4-6-10)11(19)18-7-8-20-9-13(14,15)16/h2-6H,7-9,17H2,1H3,(H,18,19). The van der Waals surface area contributed by atoms with Gasteiger partial charge in [0.1, 0.15) is 12.1 Å². The van der Waals surface area contributed by atoms with Crippen molar-refractivity contribution < 1.29 is 22.7 Å². The maximum absolute atomic E-state index is 11.9. The van der Waals surface area contributed by atoms with Crippen molar-refractivity contribution >= 4 is 5.91 Å². The van der Waals surface area contributed by atoms with E-state index in [2.05, 4.69) is 10.1 Å². The molecule has 0 spiro atoms. The minimum Gasteiger partial charge on any atom is -0.370 e. The molecular weight excluding hydrogens is 273 g/mol. The summed E-state index contributed by atoms with van der Waals surface area (Å²) in [7, 11) is 0. The van der Waals surface area contributed by atoms with E-state index in [-0.39, 0.29) is 13.2 Å². The SMILES string of the molecule is CC(N)(C(=O)NCCOCC(F)(F)F)c1ccccc1. The molecule has 0 heterocycles. The van der Waals surface area contributed by atoms with Gasteiger partial charge in [0.2, 0.25) is 5.91 Å². The number of carbonyl (C=O) groups excluding carboxylic acids is 1. The van der Waals surface area contributed by atoms with Gasteiger partial charge in [-0.1, -0.05) is 30.3 Å². The second-order valence-electron chi connectivity index (χ2n) is 4.49. The summed E-state index contributed by atoms with van der Waals surface area (Å²) < 4.78 is 39.8. The third-order valence-corrected chi connectivity index (χ3v) is 2.64. The van der Waals surface area contributed by atoms with Gasteiger partial charge in [0.05, 0.1) is 6.61 Å². The van der Waals surface area contributed by atoms with Crippen LogP contribution in [0.2, 0.25) is 0 Å². The van der Waals surface area contributed by atoms with Crippen molar-refractivity contribution in [1.82, 2.24) is 5.32 Å². The normalized spacial score (nSPS) is 14.7. The average Bonchev–Trinajstić information content (AvgIpc) is 2.37. The van der Waals surface area contributed by atoms with Crippen molar-refractivity contribution in [1.29, 1.82) is 0 Å². The van der Waals surface area contributed by atoms with Crippen molar-refractivity contribution in [2.24, 2.45) is 5.73 Å². The number of hydrogen-bond donors (Lipinski definition) is 2. The Labute approximate surface area is 115 Å². The highest BCUT2D eigenvalue weighted by Crippen LogP contribution is 2.17. The number of ether oxygens (including phenoxy) is 1. The number of benzene rings is 1. The van der Waals surface area contributed by atoms with Crippen molar-refractivity contribution in [2.75, 3.05) is 19.8 Å². The zero-order valence-electron chi connectivity index (χ0n) is 11.0. The molecule has 0 aromatic heterocycles. The monoisotopic (exact) mass is 290 g/mol. The van der Waals surface area contributed by atoms with Crippen LogP contribution in [0.1, 0.15) is 12.5 Å². The van der Waals surface area contributed by atoms with Crippen LogP contribution in [-0.4, -0.2) is 31.8 Å². The molecule has 0 bridgehead atoms. The molecule has 0 radical (unpaired) electrons. The molecule has 3 N–H and O–H groups in total. The summed E-state index contributed by atoms with van der Waals surface area (Å²) in [5, 5.41) is 2.45. The molecule has 0 aliphatic heterocycles. The summed E-state index contributed by atoms with van der Waals surface area (Å²) in [5.41, 5.74) is 5.31. The second kappa shape index (κ2) is 6.71. The van der Waals surface area contributed by atoms with Gasteiger partial charge in [0.25, 0.3) is 0 Å². The number of amides is 1. The van der Waals surface area contributed by atoms with Crippen LogP contribution >= 0.6 is 0 Å². The van der Waals surface area contributed by atoms with Gasteiger partial charge in [0.15, 0.2) is 0 Å². The molecule has 112 valence electrons. The fraction of sp³-hybridized carbons (Fsp3) is 0.462. The lowest BCUT2D eigenvalue weighted by Gasteiger charge is -2.24. The number of carbonyl (C=O) groups is 1. The largest absolute Gasteiger partial charge is 0.411 e. The summed E-state index contributed by atoms with van der Waals surface area (Å²) in [4.78, 5) is 11.9. The van der Waals surface area contributed by atoms with Gasteiger partial charge in [-0.05, 0) is 12.5 Å². The minimum absolute atomic E-state index is 0.0332. The van der Waals surface area contributed by atoms with Crippen molar-refractivity contribution in [3.8, 4) is 0 Å². The molecule has 1 aromatic carbocycles. The molecule has 1 rings (SSSR count). The lowest BCUT2D eigenvalue weighted by Crippen LogP contribution is -2.49. The quantitative estimate of drug-likeness (QED) is 0.781. The molecule has 0 saturated heterocycles. The van der Waals surface area contributed by atoms with Crippen LogP contribution in [0.5, 0.6) is 0 Å². The number of hydrogen-bond acceptors (Lipinski definition) is 3. The number of alkyl halides is 3. The first-order chi connectivity index (χ1) is 9.23. The lowest BCUT2D eigenvalue weighted by atomic mass is 9.92. The zero-order valence-corrected chi connectivity index (χ0v) is 11.0. The number of nitrogens with two attached hydrogens (primary N) is 1. The van der Waals surface area contributed by atoms with Crippen LogP contribution in [0.4, 0.5) is 13.2 Å². The molecule has 7 heteroatoms. The zero-order chi connectivity index (χ0) is 15.2. The third-order valence-electron chi connectivity index (χ3n) is 2.64. The van der Waals surface area contributed by atoms with E-state index in [9.17, 15) is 18.0 Å². The van der Waals surface area contributed by atoms with E-state index < -0.39 is 24.2 Å². The van der Waals surface area contributed by atoms with Crippen molar-refractivity contribution in [2.45, 2.75) is 18.6 Å². The molecule has 20 heavy (non-hydrogen) atoms. The van der Waals surface area contributed by atoms with Crippen molar-refractivity contribution in [3.05, 3.63) is 35.9 Å². The van der Waals surface area contributed by atoms with Crippen LogP contribution in [0.3, 0.4) is 0 Å². The van der Waals surface area contributed by atoms with E-state index >= 15 is 0 Å². The molecule has 0 aliphatic carbocycles. The summed E-state index contributed by atoms with van der Waals surface area (Å²) in [5.74, 6) is -0.473. The Kier molecular flexibility index (Phi) is 5.52. The summed E-state index contributed by atoms with van der Waals surface area (Å²) in [6.07, 6.45) is -4.36.